The molecule has 1 aliphatic rings. The van der Waals surface area contributed by atoms with Crippen molar-refractivity contribution in [1.29, 1.82) is 0 Å². The van der Waals surface area contributed by atoms with Gasteiger partial charge in [0.15, 0.2) is 0 Å². The molecule has 0 radical (unpaired) electrons. The van der Waals surface area contributed by atoms with Gasteiger partial charge in [-0.2, -0.15) is 0 Å². The van der Waals surface area contributed by atoms with Gasteiger partial charge >= 0.3 is 5.97 Å². The smallest absolute Gasteiger partial charge is 0.336 e. The van der Waals surface area contributed by atoms with E-state index in [9.17, 15) is 19.5 Å². The lowest BCUT2D eigenvalue weighted by Gasteiger charge is -2.36. The first-order valence-corrected chi connectivity index (χ1v) is 12.0. The fraction of sp³-hybridized carbons (Fsp3) is 0.444. The summed E-state index contributed by atoms with van der Waals surface area (Å²) in [5.74, 6) is -0.970. The van der Waals surface area contributed by atoms with Crippen LogP contribution in [0.3, 0.4) is 0 Å². The predicted molar refractivity (Wildman–Crippen MR) is 136 cm³/mol. The Hall–Kier alpha value is -3.43. The van der Waals surface area contributed by atoms with Gasteiger partial charge in [0.2, 0.25) is 5.91 Å². The summed E-state index contributed by atoms with van der Waals surface area (Å²) < 4.78 is 11.9. The maximum Gasteiger partial charge on any atom is 0.336 e. The van der Waals surface area contributed by atoms with Crippen molar-refractivity contribution in [3.63, 3.8) is 0 Å². The highest BCUT2D eigenvalue weighted by molar-refractivity contribution is 5.99. The van der Waals surface area contributed by atoms with Crippen LogP contribution in [0.5, 0.6) is 5.75 Å². The molecule has 194 valence electrons. The zero-order valence-electron chi connectivity index (χ0n) is 21.5. The number of carboxylic acids is 1. The molecule has 3 rings (SSSR count). The van der Waals surface area contributed by atoms with Crippen molar-refractivity contribution >= 4 is 23.5 Å². The molecule has 1 heterocycles. The Morgan fingerprint density at radius 1 is 1.17 bits per heavy atom. The van der Waals surface area contributed by atoms with E-state index in [-0.39, 0.29) is 42.0 Å². The van der Waals surface area contributed by atoms with Crippen LogP contribution in [0.4, 0.5) is 5.69 Å². The number of ether oxygens (including phenoxy) is 2. The van der Waals surface area contributed by atoms with E-state index >= 15 is 0 Å². The third kappa shape index (κ3) is 6.61. The molecule has 2 N–H and O–H groups in total. The van der Waals surface area contributed by atoms with Gasteiger partial charge in [-0.3, -0.25) is 14.5 Å². The van der Waals surface area contributed by atoms with Crippen LogP contribution in [-0.2, 0) is 16.1 Å². The summed E-state index contributed by atoms with van der Waals surface area (Å²) in [5, 5.41) is 12.4. The maximum absolute atomic E-state index is 13.4. The third-order valence-corrected chi connectivity index (χ3v) is 6.52. The van der Waals surface area contributed by atoms with Crippen LogP contribution in [0.2, 0.25) is 0 Å². The lowest BCUT2D eigenvalue weighted by Crippen LogP contribution is -2.46. The first-order valence-electron chi connectivity index (χ1n) is 12.0. The number of hydrogen-bond acceptors (Lipinski definition) is 6. The minimum Gasteiger partial charge on any atom is -0.491 e. The number of hydrogen-bond donors (Lipinski definition) is 2. The molecule has 2 aromatic carbocycles. The molecule has 0 saturated heterocycles. The van der Waals surface area contributed by atoms with Crippen LogP contribution in [0, 0.1) is 5.92 Å². The molecule has 0 aliphatic carbocycles. The van der Waals surface area contributed by atoms with Crippen molar-refractivity contribution in [2.75, 3.05) is 39.2 Å². The Balaban J connectivity index is 1.98. The Morgan fingerprint density at radius 3 is 2.56 bits per heavy atom. The number of likely N-dealkylation sites (N-methyl/N-ethyl adjacent to an activating group) is 1. The first kappa shape index (κ1) is 27.2. The molecule has 0 spiro atoms. The van der Waals surface area contributed by atoms with Gasteiger partial charge in [-0.15, -0.1) is 0 Å². The summed E-state index contributed by atoms with van der Waals surface area (Å²) >= 11 is 0. The van der Waals surface area contributed by atoms with E-state index < -0.39 is 5.97 Å². The van der Waals surface area contributed by atoms with Gasteiger partial charge in [-0.05, 0) is 42.7 Å². The van der Waals surface area contributed by atoms with E-state index in [0.29, 0.717) is 36.6 Å². The van der Waals surface area contributed by atoms with E-state index in [1.165, 1.54) is 6.92 Å². The standard InChI is InChI=1S/C27H35N3O6/c1-17-13-30(14-20-8-6-7-9-22(20)27(33)34)18(2)16-36-24-11-10-21(28-19(3)31)12-23(24)26(32)29(4)15-25(17)35-5/h6-12,17-18,25H,13-16H2,1-5H3,(H,28,31)(H,33,34)/t17-,18-,25-/m1/s1. The van der Waals surface area contributed by atoms with Crippen molar-refractivity contribution in [3.05, 3.63) is 59.2 Å². The molecule has 0 unspecified atom stereocenters. The third-order valence-electron chi connectivity index (χ3n) is 6.52. The van der Waals surface area contributed by atoms with Gasteiger partial charge < -0.3 is 24.8 Å². The topological polar surface area (TPSA) is 108 Å². The average Bonchev–Trinajstić information content (AvgIpc) is 2.84. The summed E-state index contributed by atoms with van der Waals surface area (Å²) in [6.07, 6.45) is -0.245. The Kier molecular flexibility index (Phi) is 9.06. The second kappa shape index (κ2) is 12.0. The molecule has 0 aromatic heterocycles. The van der Waals surface area contributed by atoms with Crippen LogP contribution < -0.4 is 10.1 Å². The van der Waals surface area contributed by atoms with Crippen LogP contribution in [0.25, 0.3) is 0 Å². The highest BCUT2D eigenvalue weighted by Crippen LogP contribution is 2.27. The van der Waals surface area contributed by atoms with Crippen molar-refractivity contribution < 1.29 is 29.0 Å². The molecule has 0 fully saturated rings. The number of carbonyl (C=O) groups is 3. The fourth-order valence-electron chi connectivity index (χ4n) is 4.44. The van der Waals surface area contributed by atoms with Gasteiger partial charge in [0.05, 0.1) is 17.2 Å². The van der Waals surface area contributed by atoms with Crippen LogP contribution in [0.1, 0.15) is 47.1 Å². The highest BCUT2D eigenvalue weighted by atomic mass is 16.5. The summed E-state index contributed by atoms with van der Waals surface area (Å²) in [5.41, 5.74) is 1.85. The first-order chi connectivity index (χ1) is 17.1. The molecule has 9 nitrogen and oxygen atoms in total. The molecule has 36 heavy (non-hydrogen) atoms. The van der Waals surface area contributed by atoms with Crippen molar-refractivity contribution in [2.45, 2.75) is 39.5 Å². The van der Waals surface area contributed by atoms with Crippen molar-refractivity contribution in [2.24, 2.45) is 5.92 Å². The minimum atomic E-state index is -0.962. The molecule has 2 amide bonds. The normalized spacial score (nSPS) is 21.5. The second-order valence-electron chi connectivity index (χ2n) is 9.38. The van der Waals surface area contributed by atoms with E-state index in [4.69, 9.17) is 9.47 Å². The Labute approximate surface area is 212 Å². The lowest BCUT2D eigenvalue weighted by molar-refractivity contribution is -0.114. The number of amides is 2. The number of anilines is 1. The van der Waals surface area contributed by atoms with Crippen molar-refractivity contribution in [3.8, 4) is 5.75 Å². The number of nitrogens with one attached hydrogen (secondary N) is 1. The van der Waals surface area contributed by atoms with Gasteiger partial charge in [0.1, 0.15) is 12.4 Å². The van der Waals surface area contributed by atoms with Gasteiger partial charge in [0.25, 0.3) is 5.91 Å². The van der Waals surface area contributed by atoms with Crippen LogP contribution in [0.15, 0.2) is 42.5 Å². The SMILES string of the molecule is CO[C@@H]1CN(C)C(=O)c2cc(NC(C)=O)ccc2OC[C@@H](C)N(Cc2ccccc2C(=O)O)C[C@H]1C. The number of carbonyl (C=O) groups excluding carboxylic acids is 2. The Bertz CT molecular complexity index is 1100. The number of fused-ring (bicyclic) bond motifs is 1. The molecule has 0 bridgehead atoms. The molecular formula is C27H35N3O6. The zero-order valence-corrected chi connectivity index (χ0v) is 21.5. The van der Waals surface area contributed by atoms with Gasteiger partial charge in [0, 0.05) is 52.4 Å². The minimum absolute atomic E-state index is 0.0364. The van der Waals surface area contributed by atoms with E-state index in [1.807, 2.05) is 19.1 Å². The molecule has 9 heteroatoms. The summed E-state index contributed by atoms with van der Waals surface area (Å²) in [7, 11) is 3.34. The number of rotatable bonds is 5. The van der Waals surface area contributed by atoms with E-state index in [2.05, 4.69) is 17.1 Å². The molecule has 1 aliphatic heterocycles. The number of nitrogens with zero attached hydrogens (tertiary/aromatic N) is 2. The monoisotopic (exact) mass is 497 g/mol. The summed E-state index contributed by atoms with van der Waals surface area (Å²) in [6.45, 7) is 7.17. The van der Waals surface area contributed by atoms with Crippen LogP contribution >= 0.6 is 0 Å². The van der Waals surface area contributed by atoms with E-state index in [0.717, 1.165) is 5.56 Å². The Morgan fingerprint density at radius 2 is 1.89 bits per heavy atom. The van der Waals surface area contributed by atoms with Gasteiger partial charge in [-0.1, -0.05) is 25.1 Å². The molecule has 2 aromatic rings. The van der Waals surface area contributed by atoms with Crippen LogP contribution in [-0.4, -0.2) is 78.7 Å². The number of aromatic carboxylic acids is 1. The number of benzene rings is 2. The van der Waals surface area contributed by atoms with Gasteiger partial charge in [-0.25, -0.2) is 4.79 Å². The molecule has 0 saturated carbocycles. The largest absolute Gasteiger partial charge is 0.491 e. The van der Waals surface area contributed by atoms with E-state index in [1.54, 1.807) is 49.4 Å². The molecular weight excluding hydrogens is 462 g/mol. The fourth-order valence-corrected chi connectivity index (χ4v) is 4.44. The average molecular weight is 498 g/mol. The predicted octanol–water partition coefficient (Wildman–Crippen LogP) is 3.35. The zero-order chi connectivity index (χ0) is 26.4. The maximum atomic E-state index is 13.4. The lowest BCUT2D eigenvalue weighted by atomic mass is 10.00. The summed E-state index contributed by atoms with van der Waals surface area (Å²) in [4.78, 5) is 40.5. The second-order valence-corrected chi connectivity index (χ2v) is 9.38. The van der Waals surface area contributed by atoms with Crippen molar-refractivity contribution in [1.82, 2.24) is 9.80 Å². The summed E-state index contributed by atoms with van der Waals surface area (Å²) in [6, 6.07) is 11.9. The highest BCUT2D eigenvalue weighted by Gasteiger charge is 2.29. The molecule has 3 atom stereocenters. The quantitative estimate of drug-likeness (QED) is 0.652. The number of methoxy groups -OCH3 is 1. The number of carboxylic acid groups (broad SMARTS) is 1.